The van der Waals surface area contributed by atoms with Crippen LogP contribution in [0.25, 0.3) is 16.6 Å². The van der Waals surface area contributed by atoms with Crippen molar-refractivity contribution < 1.29 is 9.53 Å². The van der Waals surface area contributed by atoms with Crippen molar-refractivity contribution >= 4 is 28.3 Å². The molecular weight excluding hydrogens is 382 g/mol. The van der Waals surface area contributed by atoms with E-state index in [2.05, 4.69) is 15.6 Å². The maximum atomic E-state index is 12.5. The Hall–Kier alpha value is -2.87. The van der Waals surface area contributed by atoms with Gasteiger partial charge in [0.05, 0.1) is 22.3 Å². The lowest BCUT2D eigenvalue weighted by molar-refractivity contribution is 0.0865. The minimum Gasteiger partial charge on any atom is -0.446 e. The first-order valence-corrected chi connectivity index (χ1v) is 10.9. The molecular formula is C22H27N5O3. The van der Waals surface area contributed by atoms with Crippen molar-refractivity contribution in [2.45, 2.75) is 57.0 Å². The Balaban J connectivity index is 1.52. The summed E-state index contributed by atoms with van der Waals surface area (Å²) in [5.41, 5.74) is 2.70. The molecule has 2 aliphatic rings. The van der Waals surface area contributed by atoms with E-state index in [4.69, 9.17) is 9.84 Å². The predicted octanol–water partition coefficient (Wildman–Crippen LogP) is 3.52. The number of rotatable bonds is 3. The number of hydrogen-bond acceptors (Lipinski definition) is 5. The summed E-state index contributed by atoms with van der Waals surface area (Å²) in [5, 5.41) is 11.7. The third kappa shape index (κ3) is 3.67. The highest BCUT2D eigenvalue weighted by atomic mass is 16.6. The van der Waals surface area contributed by atoms with E-state index in [1.807, 2.05) is 22.7 Å². The monoisotopic (exact) mass is 409 g/mol. The van der Waals surface area contributed by atoms with Gasteiger partial charge < -0.3 is 15.0 Å². The van der Waals surface area contributed by atoms with Gasteiger partial charge in [-0.1, -0.05) is 12.5 Å². The lowest BCUT2D eigenvalue weighted by atomic mass is 9.94. The largest absolute Gasteiger partial charge is 0.446 e. The molecule has 1 amide bonds. The maximum Gasteiger partial charge on any atom is 0.411 e. The highest BCUT2D eigenvalue weighted by Gasteiger charge is 2.23. The molecule has 5 rings (SSSR count). The van der Waals surface area contributed by atoms with Crippen LogP contribution in [0.5, 0.6) is 0 Å². The highest BCUT2D eigenvalue weighted by molar-refractivity contribution is 6.06. The molecule has 8 nitrogen and oxygen atoms in total. The number of aromatic amines is 1. The van der Waals surface area contributed by atoms with E-state index < -0.39 is 6.09 Å². The van der Waals surface area contributed by atoms with Crippen molar-refractivity contribution in [1.29, 1.82) is 0 Å². The van der Waals surface area contributed by atoms with E-state index in [1.165, 1.54) is 6.42 Å². The fourth-order valence-electron chi connectivity index (χ4n) is 4.77. The Morgan fingerprint density at radius 2 is 1.93 bits per heavy atom. The summed E-state index contributed by atoms with van der Waals surface area (Å²) in [6.07, 6.45) is 6.70. The SMILES string of the molecule is O=C(Nc1cccc2nn3c(C4CCNCC4)cc(=O)[nH]c3c12)OC1CCCCC1. The van der Waals surface area contributed by atoms with Crippen LogP contribution in [0.2, 0.25) is 0 Å². The van der Waals surface area contributed by atoms with Crippen LogP contribution in [0, 0.1) is 0 Å². The molecule has 2 aromatic heterocycles. The number of aromatic nitrogens is 3. The molecule has 1 aliphatic heterocycles. The number of carbonyl (C=O) groups is 1. The van der Waals surface area contributed by atoms with Gasteiger partial charge in [0, 0.05) is 12.0 Å². The van der Waals surface area contributed by atoms with Crippen molar-refractivity contribution in [3.8, 4) is 0 Å². The van der Waals surface area contributed by atoms with Crippen molar-refractivity contribution in [2.75, 3.05) is 18.4 Å². The highest BCUT2D eigenvalue weighted by Crippen LogP contribution is 2.30. The first kappa shape index (κ1) is 19.1. The molecule has 2 fully saturated rings. The molecule has 3 aromatic rings. The van der Waals surface area contributed by atoms with Gasteiger partial charge in [0.2, 0.25) is 0 Å². The number of hydrogen-bond donors (Lipinski definition) is 3. The van der Waals surface area contributed by atoms with Crippen LogP contribution in [0.3, 0.4) is 0 Å². The number of nitrogens with zero attached hydrogens (tertiary/aromatic N) is 2. The van der Waals surface area contributed by atoms with Crippen LogP contribution < -0.4 is 16.2 Å². The zero-order valence-corrected chi connectivity index (χ0v) is 16.9. The lowest BCUT2D eigenvalue weighted by Crippen LogP contribution is -2.28. The fourth-order valence-corrected chi connectivity index (χ4v) is 4.77. The normalized spacial score (nSPS) is 18.7. The molecule has 1 aliphatic carbocycles. The summed E-state index contributed by atoms with van der Waals surface area (Å²) in [7, 11) is 0. The van der Waals surface area contributed by atoms with Crippen LogP contribution in [-0.4, -0.2) is 39.9 Å². The van der Waals surface area contributed by atoms with Gasteiger partial charge in [0.25, 0.3) is 5.56 Å². The molecule has 0 spiro atoms. The van der Waals surface area contributed by atoms with Crippen LogP contribution >= 0.6 is 0 Å². The molecule has 0 atom stereocenters. The summed E-state index contributed by atoms with van der Waals surface area (Å²) in [6, 6.07) is 7.22. The number of ether oxygens (including phenoxy) is 1. The smallest absolute Gasteiger partial charge is 0.411 e. The number of benzene rings is 1. The van der Waals surface area contributed by atoms with Crippen LogP contribution in [0.15, 0.2) is 29.1 Å². The van der Waals surface area contributed by atoms with Gasteiger partial charge in [-0.15, -0.1) is 0 Å². The molecule has 0 unspecified atom stereocenters. The van der Waals surface area contributed by atoms with Gasteiger partial charge in [-0.25, -0.2) is 9.31 Å². The number of fused-ring (bicyclic) bond motifs is 3. The first-order valence-electron chi connectivity index (χ1n) is 10.9. The standard InChI is InChI=1S/C22H27N5O3/c28-19-13-18(14-9-11-23-12-10-14)27-21(25-19)20-16(7-4-8-17(20)26-27)24-22(29)30-15-5-2-1-3-6-15/h4,7-8,13-15,23H,1-3,5-6,9-12H2,(H,24,29)(H,25,28). The number of anilines is 1. The summed E-state index contributed by atoms with van der Waals surface area (Å²) in [6.45, 7) is 1.86. The van der Waals surface area contributed by atoms with Crippen LogP contribution in [0.4, 0.5) is 10.5 Å². The number of nitrogens with one attached hydrogen (secondary N) is 3. The topological polar surface area (TPSA) is 101 Å². The third-order valence-electron chi connectivity index (χ3n) is 6.28. The van der Waals surface area contributed by atoms with E-state index in [0.717, 1.165) is 68.2 Å². The first-order chi connectivity index (χ1) is 14.7. The summed E-state index contributed by atoms with van der Waals surface area (Å²) in [4.78, 5) is 27.9. The minimum absolute atomic E-state index is 0.0202. The van der Waals surface area contributed by atoms with Gasteiger partial charge in [-0.3, -0.25) is 10.1 Å². The second-order valence-corrected chi connectivity index (χ2v) is 8.33. The van der Waals surface area contributed by atoms with Crippen molar-refractivity contribution in [3.05, 3.63) is 40.3 Å². The average Bonchev–Trinajstić information content (AvgIpc) is 3.14. The number of carbonyl (C=O) groups excluding carboxylic acids is 1. The minimum atomic E-state index is -0.453. The molecule has 8 heteroatoms. The van der Waals surface area contributed by atoms with E-state index in [-0.39, 0.29) is 17.6 Å². The number of piperidine rings is 1. The molecule has 30 heavy (non-hydrogen) atoms. The lowest BCUT2D eigenvalue weighted by Gasteiger charge is -2.23. The van der Waals surface area contributed by atoms with E-state index >= 15 is 0 Å². The van der Waals surface area contributed by atoms with Crippen LogP contribution in [-0.2, 0) is 4.74 Å². The molecule has 1 aromatic carbocycles. The second-order valence-electron chi connectivity index (χ2n) is 8.33. The van der Waals surface area contributed by atoms with E-state index in [1.54, 1.807) is 6.07 Å². The molecule has 1 saturated heterocycles. The summed E-state index contributed by atoms with van der Waals surface area (Å²) >= 11 is 0. The van der Waals surface area contributed by atoms with Crippen molar-refractivity contribution in [1.82, 2.24) is 19.9 Å². The maximum absolute atomic E-state index is 12.5. The second kappa shape index (κ2) is 8.10. The number of amides is 1. The molecule has 158 valence electrons. The Morgan fingerprint density at radius 3 is 2.73 bits per heavy atom. The number of H-pyrrole nitrogens is 1. The van der Waals surface area contributed by atoms with Gasteiger partial charge in [-0.05, 0) is 63.7 Å². The van der Waals surface area contributed by atoms with Crippen molar-refractivity contribution in [2.24, 2.45) is 0 Å². The average molecular weight is 409 g/mol. The zero-order chi connectivity index (χ0) is 20.5. The molecule has 1 saturated carbocycles. The summed E-state index contributed by atoms with van der Waals surface area (Å²) in [5.74, 6) is 0.276. The van der Waals surface area contributed by atoms with Gasteiger partial charge in [0.15, 0.2) is 0 Å². The molecule has 3 heterocycles. The van der Waals surface area contributed by atoms with E-state index in [9.17, 15) is 9.59 Å². The fraction of sp³-hybridized carbons (Fsp3) is 0.500. The van der Waals surface area contributed by atoms with Gasteiger partial charge >= 0.3 is 6.09 Å². The third-order valence-corrected chi connectivity index (χ3v) is 6.28. The van der Waals surface area contributed by atoms with E-state index in [0.29, 0.717) is 11.3 Å². The van der Waals surface area contributed by atoms with Gasteiger partial charge in [0.1, 0.15) is 11.8 Å². The van der Waals surface area contributed by atoms with Gasteiger partial charge in [-0.2, -0.15) is 5.10 Å². The Bertz CT molecular complexity index is 1120. The zero-order valence-electron chi connectivity index (χ0n) is 16.9. The van der Waals surface area contributed by atoms with Crippen molar-refractivity contribution in [3.63, 3.8) is 0 Å². The quantitative estimate of drug-likeness (QED) is 0.614. The molecule has 0 radical (unpaired) electrons. The van der Waals surface area contributed by atoms with Crippen LogP contribution in [0.1, 0.15) is 56.6 Å². The molecule has 3 N–H and O–H groups in total. The Labute approximate surface area is 174 Å². The summed E-state index contributed by atoms with van der Waals surface area (Å²) < 4.78 is 7.45. The predicted molar refractivity (Wildman–Crippen MR) is 115 cm³/mol. The Morgan fingerprint density at radius 1 is 1.13 bits per heavy atom. The Kier molecular flexibility index (Phi) is 5.16. The molecule has 0 bridgehead atoms.